The van der Waals surface area contributed by atoms with Crippen molar-refractivity contribution in [1.29, 1.82) is 0 Å². The van der Waals surface area contributed by atoms with E-state index >= 15 is 0 Å². The molecule has 0 fully saturated rings. The molecule has 134 valence electrons. The van der Waals surface area contributed by atoms with Crippen LogP contribution in [0.3, 0.4) is 0 Å². The molecule has 0 aliphatic rings. The van der Waals surface area contributed by atoms with Crippen molar-refractivity contribution in [2.75, 3.05) is 13.2 Å². The highest BCUT2D eigenvalue weighted by Gasteiger charge is 2.23. The molecular formula is C20H24O5. The molecule has 0 bridgehead atoms. The van der Waals surface area contributed by atoms with E-state index in [9.17, 15) is 9.90 Å². The Morgan fingerprint density at radius 3 is 1.84 bits per heavy atom. The topological polar surface area (TPSA) is 65.0 Å². The van der Waals surface area contributed by atoms with Crippen LogP contribution in [0.25, 0.3) is 0 Å². The summed E-state index contributed by atoms with van der Waals surface area (Å²) >= 11 is 0. The van der Waals surface area contributed by atoms with E-state index in [0.717, 1.165) is 11.1 Å². The van der Waals surface area contributed by atoms with Gasteiger partial charge in [0.1, 0.15) is 6.10 Å². The monoisotopic (exact) mass is 344 g/mol. The van der Waals surface area contributed by atoms with Crippen molar-refractivity contribution in [3.63, 3.8) is 0 Å². The molecule has 0 amide bonds. The lowest BCUT2D eigenvalue weighted by Crippen LogP contribution is -2.38. The van der Waals surface area contributed by atoms with Gasteiger partial charge in [-0.05, 0) is 11.1 Å². The first-order valence-electron chi connectivity index (χ1n) is 8.24. The second-order valence-corrected chi connectivity index (χ2v) is 5.72. The lowest BCUT2D eigenvalue weighted by atomic mass is 10.2. The first kappa shape index (κ1) is 19.1. The third kappa shape index (κ3) is 7.47. The summed E-state index contributed by atoms with van der Waals surface area (Å²) in [7, 11) is 0. The summed E-state index contributed by atoms with van der Waals surface area (Å²) in [6.45, 7) is 2.24. The molecule has 5 heteroatoms. The molecule has 2 atom stereocenters. The predicted molar refractivity (Wildman–Crippen MR) is 93.8 cm³/mol. The molecule has 5 nitrogen and oxygen atoms in total. The maximum absolute atomic E-state index is 11.3. The fourth-order valence-corrected chi connectivity index (χ4v) is 2.28. The van der Waals surface area contributed by atoms with E-state index in [0.29, 0.717) is 13.2 Å². The molecular weight excluding hydrogens is 320 g/mol. The van der Waals surface area contributed by atoms with Crippen molar-refractivity contribution >= 4 is 5.97 Å². The molecule has 0 aromatic heterocycles. The quantitative estimate of drug-likeness (QED) is 0.672. The third-order valence-corrected chi connectivity index (χ3v) is 3.54. The van der Waals surface area contributed by atoms with Gasteiger partial charge in [0.05, 0.1) is 26.4 Å². The molecule has 2 aromatic carbocycles. The molecule has 0 aliphatic carbocycles. The van der Waals surface area contributed by atoms with E-state index in [-0.39, 0.29) is 13.2 Å². The summed E-state index contributed by atoms with van der Waals surface area (Å²) in [5, 5.41) is 10.3. The Labute approximate surface area is 148 Å². The van der Waals surface area contributed by atoms with E-state index in [2.05, 4.69) is 0 Å². The van der Waals surface area contributed by atoms with Crippen LogP contribution in [0.1, 0.15) is 18.1 Å². The number of aliphatic hydroxyl groups excluding tert-OH is 1. The molecule has 2 rings (SSSR count). The molecule has 0 heterocycles. The average molecular weight is 344 g/mol. The molecule has 0 spiro atoms. The fourth-order valence-electron chi connectivity index (χ4n) is 2.28. The van der Waals surface area contributed by atoms with Gasteiger partial charge in [-0.3, -0.25) is 4.79 Å². The van der Waals surface area contributed by atoms with Gasteiger partial charge in [0.2, 0.25) is 0 Å². The zero-order valence-electron chi connectivity index (χ0n) is 14.3. The number of hydrogen-bond donors (Lipinski definition) is 1. The summed E-state index contributed by atoms with van der Waals surface area (Å²) in [5.74, 6) is -0.463. The van der Waals surface area contributed by atoms with Crippen molar-refractivity contribution in [3.05, 3.63) is 71.8 Å². The summed E-state index contributed by atoms with van der Waals surface area (Å²) in [6, 6.07) is 19.3. The normalized spacial score (nSPS) is 13.2. The van der Waals surface area contributed by atoms with Gasteiger partial charge in [-0.1, -0.05) is 60.7 Å². The molecule has 0 saturated carbocycles. The molecule has 0 saturated heterocycles. The van der Waals surface area contributed by atoms with Crippen LogP contribution in [-0.2, 0) is 32.2 Å². The number of aliphatic hydroxyl groups is 1. The number of benzene rings is 2. The maximum atomic E-state index is 11.3. The Bertz CT molecular complexity index is 614. The second kappa shape index (κ2) is 10.6. The molecule has 0 unspecified atom stereocenters. The standard InChI is InChI=1S/C20H24O5/c1-16(21)25-20(15-24-13-18-10-6-3-7-11-18)19(22)14-23-12-17-8-4-2-5-9-17/h2-11,19-20,22H,12-15H2,1H3/t19-,20-/m1/s1. The van der Waals surface area contributed by atoms with Crippen molar-refractivity contribution in [1.82, 2.24) is 0 Å². The van der Waals surface area contributed by atoms with Crippen molar-refractivity contribution in [3.8, 4) is 0 Å². The van der Waals surface area contributed by atoms with Gasteiger partial charge >= 0.3 is 5.97 Å². The number of carbonyl (C=O) groups is 1. The first-order valence-corrected chi connectivity index (χ1v) is 8.24. The van der Waals surface area contributed by atoms with E-state index in [1.165, 1.54) is 6.92 Å². The second-order valence-electron chi connectivity index (χ2n) is 5.72. The van der Waals surface area contributed by atoms with Gasteiger partial charge in [0.25, 0.3) is 0 Å². The van der Waals surface area contributed by atoms with Crippen molar-refractivity contribution in [2.45, 2.75) is 32.3 Å². The molecule has 1 N–H and O–H groups in total. The minimum Gasteiger partial charge on any atom is -0.457 e. The highest BCUT2D eigenvalue weighted by Crippen LogP contribution is 2.08. The zero-order chi connectivity index (χ0) is 17.9. The largest absolute Gasteiger partial charge is 0.457 e. The van der Waals surface area contributed by atoms with Crippen molar-refractivity contribution in [2.24, 2.45) is 0 Å². The Hall–Kier alpha value is -2.21. The molecule has 0 radical (unpaired) electrons. The van der Waals surface area contributed by atoms with Gasteiger partial charge in [0, 0.05) is 6.92 Å². The Kier molecular flexibility index (Phi) is 8.12. The number of hydrogen-bond acceptors (Lipinski definition) is 5. The van der Waals surface area contributed by atoms with Crippen LogP contribution in [0.2, 0.25) is 0 Å². The maximum Gasteiger partial charge on any atom is 0.303 e. The van der Waals surface area contributed by atoms with Crippen LogP contribution in [-0.4, -0.2) is 36.5 Å². The predicted octanol–water partition coefficient (Wildman–Crippen LogP) is 2.71. The highest BCUT2D eigenvalue weighted by molar-refractivity contribution is 5.66. The summed E-state index contributed by atoms with van der Waals surface area (Å²) in [4.78, 5) is 11.3. The van der Waals surface area contributed by atoms with Gasteiger partial charge in [0.15, 0.2) is 6.10 Å². The van der Waals surface area contributed by atoms with Crippen LogP contribution in [0.4, 0.5) is 0 Å². The van der Waals surface area contributed by atoms with Gasteiger partial charge < -0.3 is 19.3 Å². The fraction of sp³-hybridized carbons (Fsp3) is 0.350. The Balaban J connectivity index is 1.77. The van der Waals surface area contributed by atoms with Crippen LogP contribution in [0.5, 0.6) is 0 Å². The number of esters is 1. The van der Waals surface area contributed by atoms with Gasteiger partial charge in [-0.25, -0.2) is 0 Å². The van der Waals surface area contributed by atoms with Crippen LogP contribution in [0, 0.1) is 0 Å². The van der Waals surface area contributed by atoms with Gasteiger partial charge in [-0.15, -0.1) is 0 Å². The molecule has 0 aliphatic heterocycles. The highest BCUT2D eigenvalue weighted by atomic mass is 16.6. The SMILES string of the molecule is CC(=O)O[C@H](COCc1ccccc1)[C@H](O)COCc1ccccc1. The first-order chi connectivity index (χ1) is 12.1. The smallest absolute Gasteiger partial charge is 0.303 e. The summed E-state index contributed by atoms with van der Waals surface area (Å²) in [6.07, 6.45) is -1.72. The van der Waals surface area contributed by atoms with Crippen LogP contribution < -0.4 is 0 Å². The van der Waals surface area contributed by atoms with Crippen LogP contribution >= 0.6 is 0 Å². The Morgan fingerprint density at radius 1 is 0.880 bits per heavy atom. The van der Waals surface area contributed by atoms with Crippen LogP contribution in [0.15, 0.2) is 60.7 Å². The van der Waals surface area contributed by atoms with Crippen molar-refractivity contribution < 1.29 is 24.1 Å². The molecule has 2 aromatic rings. The number of carbonyl (C=O) groups excluding carboxylic acids is 1. The lowest BCUT2D eigenvalue weighted by Gasteiger charge is -2.22. The van der Waals surface area contributed by atoms with Gasteiger partial charge in [-0.2, -0.15) is 0 Å². The average Bonchev–Trinajstić information content (AvgIpc) is 2.62. The summed E-state index contributed by atoms with van der Waals surface area (Å²) < 4.78 is 16.2. The minimum atomic E-state index is -0.955. The number of rotatable bonds is 10. The van der Waals surface area contributed by atoms with E-state index in [4.69, 9.17) is 14.2 Å². The van der Waals surface area contributed by atoms with E-state index in [1.807, 2.05) is 60.7 Å². The van der Waals surface area contributed by atoms with E-state index < -0.39 is 18.2 Å². The van der Waals surface area contributed by atoms with E-state index in [1.54, 1.807) is 0 Å². The molecule has 25 heavy (non-hydrogen) atoms. The minimum absolute atomic E-state index is 0.0571. The zero-order valence-corrected chi connectivity index (χ0v) is 14.3. The summed E-state index contributed by atoms with van der Waals surface area (Å²) in [5.41, 5.74) is 2.03. The Morgan fingerprint density at radius 2 is 1.36 bits per heavy atom. The third-order valence-electron chi connectivity index (χ3n) is 3.54. The number of ether oxygens (including phenoxy) is 3. The lowest BCUT2D eigenvalue weighted by molar-refractivity contribution is -0.161.